The van der Waals surface area contributed by atoms with Gasteiger partial charge < -0.3 is 10.1 Å². The molecule has 0 amide bonds. The van der Waals surface area contributed by atoms with Crippen LogP contribution < -0.4 is 5.32 Å². The van der Waals surface area contributed by atoms with E-state index in [1.165, 1.54) is 32.4 Å². The van der Waals surface area contributed by atoms with Crippen molar-refractivity contribution in [2.45, 2.75) is 39.2 Å². The van der Waals surface area contributed by atoms with Gasteiger partial charge in [-0.2, -0.15) is 0 Å². The van der Waals surface area contributed by atoms with E-state index in [4.69, 9.17) is 4.74 Å². The monoisotopic (exact) mass is 240 g/mol. The van der Waals surface area contributed by atoms with Crippen LogP contribution in [0.5, 0.6) is 0 Å². The van der Waals surface area contributed by atoms with E-state index in [2.05, 4.69) is 31.1 Å². The number of rotatable bonds is 7. The maximum Gasteiger partial charge on any atom is 0.0547 e. The second kappa shape index (κ2) is 5.68. The van der Waals surface area contributed by atoms with Crippen molar-refractivity contribution in [2.75, 3.05) is 39.9 Å². The Labute approximate surface area is 106 Å². The highest BCUT2D eigenvalue weighted by Gasteiger charge is 2.40. The molecule has 1 atom stereocenters. The van der Waals surface area contributed by atoms with Crippen molar-refractivity contribution in [3.8, 4) is 0 Å². The Bertz CT molecular complexity index is 232. The van der Waals surface area contributed by atoms with Gasteiger partial charge in [-0.3, -0.25) is 4.90 Å². The zero-order valence-electron chi connectivity index (χ0n) is 11.7. The molecule has 0 radical (unpaired) electrons. The van der Waals surface area contributed by atoms with Gasteiger partial charge in [-0.25, -0.2) is 0 Å². The lowest BCUT2D eigenvalue weighted by Gasteiger charge is -2.35. The summed E-state index contributed by atoms with van der Waals surface area (Å²) in [6.45, 7) is 10.1. The van der Waals surface area contributed by atoms with E-state index in [1.54, 1.807) is 0 Å². The molecular formula is C14H28N2O. The Balaban J connectivity index is 1.94. The number of ether oxygens (including phenoxy) is 1. The van der Waals surface area contributed by atoms with Gasteiger partial charge in [-0.05, 0) is 32.2 Å². The summed E-state index contributed by atoms with van der Waals surface area (Å²) in [7, 11) is 2.06. The highest BCUT2D eigenvalue weighted by atomic mass is 16.5. The molecule has 1 heterocycles. The fraction of sp³-hybridized carbons (Fsp3) is 1.00. The van der Waals surface area contributed by atoms with E-state index < -0.39 is 0 Å². The van der Waals surface area contributed by atoms with Crippen LogP contribution in [-0.2, 0) is 4.74 Å². The van der Waals surface area contributed by atoms with Crippen molar-refractivity contribution in [3.63, 3.8) is 0 Å². The van der Waals surface area contributed by atoms with Crippen LogP contribution in [0.15, 0.2) is 0 Å². The zero-order chi connectivity index (χ0) is 12.3. The fourth-order valence-electron chi connectivity index (χ4n) is 3.03. The van der Waals surface area contributed by atoms with Gasteiger partial charge in [-0.1, -0.05) is 13.8 Å². The van der Waals surface area contributed by atoms with Crippen molar-refractivity contribution < 1.29 is 4.74 Å². The minimum atomic E-state index is 0.367. The maximum atomic E-state index is 5.65. The summed E-state index contributed by atoms with van der Waals surface area (Å²) in [5.41, 5.74) is 0.367. The van der Waals surface area contributed by atoms with Gasteiger partial charge in [0.2, 0.25) is 0 Å². The highest BCUT2D eigenvalue weighted by Crippen LogP contribution is 2.34. The predicted octanol–water partition coefficient (Wildman–Crippen LogP) is 1.73. The standard InChI is InChI=1S/C14H28N2O/c1-12(2)8-16(13-4-5-13)10-14(9-15-3)6-7-17-11-14/h12-13,15H,4-11H2,1-3H3. The molecule has 1 saturated carbocycles. The molecule has 3 nitrogen and oxygen atoms in total. The molecule has 1 aliphatic carbocycles. The third-order valence-electron chi connectivity index (χ3n) is 3.94. The molecule has 0 aromatic carbocycles. The van der Waals surface area contributed by atoms with Crippen LogP contribution in [0.4, 0.5) is 0 Å². The second-order valence-electron chi connectivity index (χ2n) is 6.39. The van der Waals surface area contributed by atoms with E-state index >= 15 is 0 Å². The Kier molecular flexibility index (Phi) is 4.45. The zero-order valence-corrected chi connectivity index (χ0v) is 11.7. The molecule has 100 valence electrons. The maximum absolute atomic E-state index is 5.65. The Hall–Kier alpha value is -0.120. The Morgan fingerprint density at radius 1 is 1.41 bits per heavy atom. The molecule has 0 aromatic rings. The smallest absolute Gasteiger partial charge is 0.0547 e. The minimum Gasteiger partial charge on any atom is -0.381 e. The lowest BCUT2D eigenvalue weighted by Crippen LogP contribution is -2.46. The third kappa shape index (κ3) is 3.67. The first-order valence-electron chi connectivity index (χ1n) is 7.12. The summed E-state index contributed by atoms with van der Waals surface area (Å²) in [4.78, 5) is 2.72. The first kappa shape index (κ1) is 13.3. The van der Waals surface area contributed by atoms with Crippen molar-refractivity contribution in [1.29, 1.82) is 0 Å². The molecule has 1 N–H and O–H groups in total. The molecule has 1 aliphatic heterocycles. The molecule has 1 saturated heterocycles. The van der Waals surface area contributed by atoms with E-state index in [0.717, 1.165) is 31.7 Å². The number of nitrogens with one attached hydrogen (secondary N) is 1. The fourth-order valence-corrected chi connectivity index (χ4v) is 3.03. The van der Waals surface area contributed by atoms with Gasteiger partial charge in [0, 0.05) is 37.7 Å². The van der Waals surface area contributed by atoms with E-state index in [-0.39, 0.29) is 0 Å². The van der Waals surface area contributed by atoms with Crippen molar-refractivity contribution in [3.05, 3.63) is 0 Å². The normalized spacial score (nSPS) is 29.5. The molecule has 2 fully saturated rings. The second-order valence-corrected chi connectivity index (χ2v) is 6.39. The molecule has 0 spiro atoms. The van der Waals surface area contributed by atoms with Crippen LogP contribution in [-0.4, -0.2) is 50.8 Å². The minimum absolute atomic E-state index is 0.367. The highest BCUT2D eigenvalue weighted by molar-refractivity contribution is 4.93. The Morgan fingerprint density at radius 2 is 2.18 bits per heavy atom. The van der Waals surface area contributed by atoms with Gasteiger partial charge in [0.05, 0.1) is 6.61 Å². The molecule has 2 aliphatic rings. The lowest BCUT2D eigenvalue weighted by atomic mass is 9.86. The van der Waals surface area contributed by atoms with Crippen LogP contribution in [0, 0.1) is 11.3 Å². The van der Waals surface area contributed by atoms with Gasteiger partial charge >= 0.3 is 0 Å². The quantitative estimate of drug-likeness (QED) is 0.733. The van der Waals surface area contributed by atoms with Crippen molar-refractivity contribution in [1.82, 2.24) is 10.2 Å². The topological polar surface area (TPSA) is 24.5 Å². The summed E-state index contributed by atoms with van der Waals surface area (Å²) < 4.78 is 5.65. The summed E-state index contributed by atoms with van der Waals surface area (Å²) in [6, 6.07) is 0.867. The van der Waals surface area contributed by atoms with Crippen LogP contribution in [0.1, 0.15) is 33.1 Å². The summed E-state index contributed by atoms with van der Waals surface area (Å²) in [5, 5.41) is 3.36. The number of hydrogen-bond donors (Lipinski definition) is 1. The summed E-state index contributed by atoms with van der Waals surface area (Å²) in [6.07, 6.45) is 4.03. The van der Waals surface area contributed by atoms with Gasteiger partial charge in [0.1, 0.15) is 0 Å². The SMILES string of the molecule is CNCC1(CN(CC(C)C)C2CC2)CCOC1. The van der Waals surface area contributed by atoms with Gasteiger partial charge in [0.25, 0.3) is 0 Å². The van der Waals surface area contributed by atoms with E-state index in [1.807, 2.05) is 0 Å². The first-order chi connectivity index (χ1) is 8.15. The van der Waals surface area contributed by atoms with E-state index in [9.17, 15) is 0 Å². The Morgan fingerprint density at radius 3 is 2.65 bits per heavy atom. The number of nitrogens with zero attached hydrogens (tertiary/aromatic N) is 1. The average molecular weight is 240 g/mol. The molecule has 2 rings (SSSR count). The first-order valence-corrected chi connectivity index (χ1v) is 7.12. The van der Waals surface area contributed by atoms with Crippen LogP contribution in [0.3, 0.4) is 0 Å². The van der Waals surface area contributed by atoms with Gasteiger partial charge in [0.15, 0.2) is 0 Å². The van der Waals surface area contributed by atoms with Gasteiger partial charge in [-0.15, -0.1) is 0 Å². The average Bonchev–Trinajstić information content (AvgIpc) is 3.01. The number of hydrogen-bond acceptors (Lipinski definition) is 3. The predicted molar refractivity (Wildman–Crippen MR) is 71.2 cm³/mol. The summed E-state index contributed by atoms with van der Waals surface area (Å²) in [5.74, 6) is 0.768. The summed E-state index contributed by atoms with van der Waals surface area (Å²) >= 11 is 0. The van der Waals surface area contributed by atoms with Crippen molar-refractivity contribution >= 4 is 0 Å². The molecule has 3 heteroatoms. The van der Waals surface area contributed by atoms with Crippen LogP contribution >= 0.6 is 0 Å². The molecule has 0 bridgehead atoms. The van der Waals surface area contributed by atoms with Crippen LogP contribution in [0.2, 0.25) is 0 Å². The van der Waals surface area contributed by atoms with Crippen LogP contribution in [0.25, 0.3) is 0 Å². The molecular weight excluding hydrogens is 212 g/mol. The molecule has 17 heavy (non-hydrogen) atoms. The molecule has 1 unspecified atom stereocenters. The molecule has 0 aromatic heterocycles. The van der Waals surface area contributed by atoms with E-state index in [0.29, 0.717) is 5.41 Å². The van der Waals surface area contributed by atoms with Crippen molar-refractivity contribution in [2.24, 2.45) is 11.3 Å². The largest absolute Gasteiger partial charge is 0.381 e. The third-order valence-corrected chi connectivity index (χ3v) is 3.94. The lowest BCUT2D eigenvalue weighted by molar-refractivity contribution is 0.0993.